The molecule has 0 unspecified atom stereocenters. The minimum atomic E-state index is 0.510. The third kappa shape index (κ3) is 3.33. The molecule has 0 amide bonds. The standard InChI is InChI=1S/C16H22N6O2/c1-23-15-8-14(17-10-18-15)22(12-2-3-12)13-4-6-21(7-5-13)9-16-19-11-20-24-16/h8,10-13H,2-7,9H2,1H3. The quantitative estimate of drug-likeness (QED) is 0.788. The van der Waals surface area contributed by atoms with Gasteiger partial charge in [-0.25, -0.2) is 9.97 Å². The molecule has 1 saturated carbocycles. The smallest absolute Gasteiger partial charge is 0.240 e. The number of piperidine rings is 1. The molecule has 1 aliphatic heterocycles. The Balaban J connectivity index is 1.42. The third-order valence-corrected chi connectivity index (χ3v) is 4.76. The maximum absolute atomic E-state index is 5.26. The highest BCUT2D eigenvalue weighted by Gasteiger charge is 2.36. The molecular weight excluding hydrogens is 308 g/mol. The molecule has 2 aromatic heterocycles. The molecule has 2 aromatic rings. The van der Waals surface area contributed by atoms with E-state index in [1.165, 1.54) is 19.2 Å². The lowest BCUT2D eigenvalue weighted by molar-refractivity contribution is 0.178. The van der Waals surface area contributed by atoms with Crippen molar-refractivity contribution in [3.05, 3.63) is 24.6 Å². The Hall–Kier alpha value is -2.22. The van der Waals surface area contributed by atoms with Gasteiger partial charge in [-0.2, -0.15) is 4.98 Å². The minimum absolute atomic E-state index is 0.510. The summed E-state index contributed by atoms with van der Waals surface area (Å²) in [5.74, 6) is 2.30. The highest BCUT2D eigenvalue weighted by molar-refractivity contribution is 5.45. The Bertz CT molecular complexity index is 652. The van der Waals surface area contributed by atoms with E-state index in [1.807, 2.05) is 6.07 Å². The van der Waals surface area contributed by atoms with Gasteiger partial charge in [-0.1, -0.05) is 5.16 Å². The number of likely N-dealkylation sites (tertiary alicyclic amines) is 1. The Kier molecular flexibility index (Phi) is 4.29. The number of aromatic nitrogens is 4. The van der Waals surface area contributed by atoms with Gasteiger partial charge in [0.1, 0.15) is 12.1 Å². The number of hydrogen-bond acceptors (Lipinski definition) is 8. The maximum atomic E-state index is 5.26. The molecule has 128 valence electrons. The summed E-state index contributed by atoms with van der Waals surface area (Å²) in [5, 5.41) is 3.67. The topological polar surface area (TPSA) is 80.4 Å². The fourth-order valence-electron chi connectivity index (χ4n) is 3.42. The summed E-state index contributed by atoms with van der Waals surface area (Å²) in [7, 11) is 1.64. The first-order valence-electron chi connectivity index (χ1n) is 8.46. The predicted octanol–water partition coefficient (Wildman–Crippen LogP) is 1.50. The molecule has 2 aliphatic rings. The first kappa shape index (κ1) is 15.3. The van der Waals surface area contributed by atoms with Crippen LogP contribution < -0.4 is 9.64 Å². The average Bonchev–Trinajstić information content (AvgIpc) is 3.32. The molecule has 0 bridgehead atoms. The van der Waals surface area contributed by atoms with E-state index in [0.717, 1.165) is 38.3 Å². The summed E-state index contributed by atoms with van der Waals surface area (Å²) < 4.78 is 10.4. The molecule has 0 aromatic carbocycles. The lowest BCUT2D eigenvalue weighted by Crippen LogP contribution is -2.46. The van der Waals surface area contributed by atoms with Crippen LogP contribution in [0.4, 0.5) is 5.82 Å². The van der Waals surface area contributed by atoms with Gasteiger partial charge in [0.05, 0.1) is 13.7 Å². The van der Waals surface area contributed by atoms with Crippen molar-refractivity contribution in [3.63, 3.8) is 0 Å². The van der Waals surface area contributed by atoms with Gasteiger partial charge in [-0.05, 0) is 25.7 Å². The van der Waals surface area contributed by atoms with Crippen molar-refractivity contribution in [1.82, 2.24) is 25.0 Å². The zero-order valence-corrected chi connectivity index (χ0v) is 13.8. The Labute approximate surface area is 140 Å². The lowest BCUT2D eigenvalue weighted by Gasteiger charge is -2.39. The average molecular weight is 330 g/mol. The molecule has 1 saturated heterocycles. The van der Waals surface area contributed by atoms with Gasteiger partial charge in [0.25, 0.3) is 0 Å². The molecule has 0 atom stereocenters. The number of ether oxygens (including phenoxy) is 1. The van der Waals surface area contributed by atoms with Crippen LogP contribution in [0.3, 0.4) is 0 Å². The molecule has 0 spiro atoms. The zero-order chi connectivity index (χ0) is 16.4. The molecule has 24 heavy (non-hydrogen) atoms. The monoisotopic (exact) mass is 330 g/mol. The SMILES string of the molecule is COc1cc(N(C2CC2)C2CCN(Cc3ncno3)CC2)ncn1. The molecule has 0 N–H and O–H groups in total. The molecule has 8 nitrogen and oxygen atoms in total. The van der Waals surface area contributed by atoms with E-state index in [2.05, 4.69) is 29.9 Å². The van der Waals surface area contributed by atoms with Crippen molar-refractivity contribution >= 4 is 5.82 Å². The van der Waals surface area contributed by atoms with Crippen LogP contribution in [0, 0.1) is 0 Å². The summed E-state index contributed by atoms with van der Waals surface area (Å²) in [6, 6.07) is 3.07. The first-order chi connectivity index (χ1) is 11.8. The largest absolute Gasteiger partial charge is 0.481 e. The summed E-state index contributed by atoms with van der Waals surface area (Å²) >= 11 is 0. The van der Waals surface area contributed by atoms with Crippen LogP contribution in [0.25, 0.3) is 0 Å². The van der Waals surface area contributed by atoms with Crippen LogP contribution in [0.15, 0.2) is 23.2 Å². The Morgan fingerprint density at radius 1 is 1.12 bits per heavy atom. The highest BCUT2D eigenvalue weighted by atomic mass is 16.5. The summed E-state index contributed by atoms with van der Waals surface area (Å²) in [6.45, 7) is 2.79. The third-order valence-electron chi connectivity index (χ3n) is 4.76. The molecule has 2 fully saturated rings. The summed E-state index contributed by atoms with van der Waals surface area (Å²) in [6.07, 6.45) is 7.75. The van der Waals surface area contributed by atoms with Gasteiger partial charge in [0.15, 0.2) is 6.33 Å². The van der Waals surface area contributed by atoms with Gasteiger partial charge >= 0.3 is 0 Å². The molecule has 3 heterocycles. The van der Waals surface area contributed by atoms with Gasteiger partial charge in [-0.15, -0.1) is 0 Å². The zero-order valence-electron chi connectivity index (χ0n) is 13.8. The van der Waals surface area contributed by atoms with Crippen LogP contribution in [0.1, 0.15) is 31.6 Å². The van der Waals surface area contributed by atoms with E-state index >= 15 is 0 Å². The van der Waals surface area contributed by atoms with Gasteiger partial charge in [0, 0.05) is 31.2 Å². The lowest BCUT2D eigenvalue weighted by atomic mass is 10.0. The molecule has 8 heteroatoms. The van der Waals surface area contributed by atoms with Crippen molar-refractivity contribution in [2.24, 2.45) is 0 Å². The van der Waals surface area contributed by atoms with Crippen molar-refractivity contribution in [2.75, 3.05) is 25.1 Å². The maximum Gasteiger partial charge on any atom is 0.240 e. The van der Waals surface area contributed by atoms with Crippen molar-refractivity contribution in [3.8, 4) is 5.88 Å². The van der Waals surface area contributed by atoms with Gasteiger partial charge in [0.2, 0.25) is 11.8 Å². The van der Waals surface area contributed by atoms with E-state index in [4.69, 9.17) is 9.26 Å². The number of hydrogen-bond donors (Lipinski definition) is 0. The van der Waals surface area contributed by atoms with Gasteiger partial charge in [-0.3, -0.25) is 4.90 Å². The number of methoxy groups -OCH3 is 1. The van der Waals surface area contributed by atoms with Gasteiger partial charge < -0.3 is 14.2 Å². The summed E-state index contributed by atoms with van der Waals surface area (Å²) in [4.78, 5) is 17.6. The van der Waals surface area contributed by atoms with Crippen LogP contribution in [-0.4, -0.2) is 57.3 Å². The summed E-state index contributed by atoms with van der Waals surface area (Å²) in [5.41, 5.74) is 0. The predicted molar refractivity (Wildman–Crippen MR) is 86.7 cm³/mol. The van der Waals surface area contributed by atoms with Crippen LogP contribution in [0.5, 0.6) is 5.88 Å². The van der Waals surface area contributed by atoms with E-state index in [9.17, 15) is 0 Å². The fourth-order valence-corrected chi connectivity index (χ4v) is 3.42. The van der Waals surface area contributed by atoms with Crippen molar-refractivity contribution in [2.45, 2.75) is 44.3 Å². The van der Waals surface area contributed by atoms with E-state index in [1.54, 1.807) is 13.4 Å². The van der Waals surface area contributed by atoms with Crippen LogP contribution in [0.2, 0.25) is 0 Å². The van der Waals surface area contributed by atoms with E-state index in [-0.39, 0.29) is 0 Å². The highest BCUT2D eigenvalue weighted by Crippen LogP contribution is 2.36. The Morgan fingerprint density at radius 3 is 2.58 bits per heavy atom. The number of nitrogens with zero attached hydrogens (tertiary/aromatic N) is 6. The van der Waals surface area contributed by atoms with Crippen molar-refractivity contribution in [1.29, 1.82) is 0 Å². The first-order valence-corrected chi connectivity index (χ1v) is 8.46. The Morgan fingerprint density at radius 2 is 1.92 bits per heavy atom. The number of rotatable bonds is 6. The second-order valence-corrected chi connectivity index (χ2v) is 6.40. The normalized spacial score (nSPS) is 19.4. The fraction of sp³-hybridized carbons (Fsp3) is 0.625. The second-order valence-electron chi connectivity index (χ2n) is 6.40. The van der Waals surface area contributed by atoms with Crippen LogP contribution >= 0.6 is 0 Å². The molecule has 4 rings (SSSR count). The number of anilines is 1. The second kappa shape index (κ2) is 6.72. The van der Waals surface area contributed by atoms with Crippen LogP contribution in [-0.2, 0) is 6.54 Å². The molecule has 0 radical (unpaired) electrons. The van der Waals surface area contributed by atoms with E-state index in [0.29, 0.717) is 23.9 Å². The van der Waals surface area contributed by atoms with Crippen molar-refractivity contribution < 1.29 is 9.26 Å². The minimum Gasteiger partial charge on any atom is -0.481 e. The molecular formula is C16H22N6O2. The molecule has 1 aliphatic carbocycles. The van der Waals surface area contributed by atoms with E-state index < -0.39 is 0 Å².